The van der Waals surface area contributed by atoms with Crippen molar-refractivity contribution in [3.8, 4) is 17.2 Å². The normalized spacial score (nSPS) is 12.1. The Morgan fingerprint density at radius 3 is 2.14 bits per heavy atom. The highest BCUT2D eigenvalue weighted by Gasteiger charge is 2.32. The van der Waals surface area contributed by atoms with Crippen LogP contribution in [0.25, 0.3) is 0 Å². The lowest BCUT2D eigenvalue weighted by molar-refractivity contribution is -0.137. The Bertz CT molecular complexity index is 666. The van der Waals surface area contributed by atoms with E-state index in [1.807, 2.05) is 0 Å². The van der Waals surface area contributed by atoms with E-state index in [9.17, 15) is 19.8 Å². The predicted octanol–water partition coefficient (Wildman–Crippen LogP) is 0.604. The Balaban J connectivity index is 2.46. The average molecular weight is 412 g/mol. The Morgan fingerprint density at radius 2 is 1.66 bits per heavy atom. The molecule has 0 unspecified atom stereocenters. The number of methoxy groups -OCH3 is 3. The van der Waals surface area contributed by atoms with Gasteiger partial charge >= 0.3 is 0 Å². The summed E-state index contributed by atoms with van der Waals surface area (Å²) >= 11 is 0. The first-order chi connectivity index (χ1) is 13.7. The number of ether oxygens (including phenoxy) is 3. The number of aliphatic hydroxyl groups is 2. The smallest absolute Gasteiger partial charge is 0.249 e. The predicted molar refractivity (Wildman–Crippen MR) is 107 cm³/mol. The lowest BCUT2D eigenvalue weighted by atomic mass is 9.87. The fourth-order valence-electron chi connectivity index (χ4n) is 2.53. The summed E-state index contributed by atoms with van der Waals surface area (Å²) in [6.45, 7) is 3.40. The van der Waals surface area contributed by atoms with E-state index in [-0.39, 0.29) is 32.0 Å². The van der Waals surface area contributed by atoms with E-state index >= 15 is 0 Å². The van der Waals surface area contributed by atoms with Crippen molar-refractivity contribution in [2.24, 2.45) is 5.41 Å². The third-order valence-electron chi connectivity index (χ3n) is 4.49. The van der Waals surface area contributed by atoms with Crippen LogP contribution in [0.4, 0.5) is 0 Å². The van der Waals surface area contributed by atoms with Crippen LogP contribution in [0.2, 0.25) is 0 Å². The Kier molecular flexibility index (Phi) is 9.70. The second kappa shape index (κ2) is 11.5. The number of amides is 2. The molecule has 0 saturated heterocycles. The molecule has 0 fully saturated rings. The number of rotatable bonds is 12. The maximum absolute atomic E-state index is 12.0. The summed E-state index contributed by atoms with van der Waals surface area (Å²) in [7, 11) is 4.56. The van der Waals surface area contributed by atoms with Crippen molar-refractivity contribution in [2.45, 2.75) is 39.3 Å². The van der Waals surface area contributed by atoms with Gasteiger partial charge in [0.05, 0.1) is 27.9 Å². The molecule has 1 aromatic carbocycles. The number of carbonyl (C=O) groups excluding carboxylic acids is 2. The molecule has 164 valence electrons. The van der Waals surface area contributed by atoms with Gasteiger partial charge < -0.3 is 35.1 Å². The van der Waals surface area contributed by atoms with Crippen LogP contribution in [0.5, 0.6) is 17.2 Å². The molecule has 9 nitrogen and oxygen atoms in total. The summed E-state index contributed by atoms with van der Waals surface area (Å²) in [6.07, 6.45) is -0.690. The lowest BCUT2D eigenvalue weighted by Crippen LogP contribution is -2.45. The summed E-state index contributed by atoms with van der Waals surface area (Å²) in [4.78, 5) is 23.9. The number of nitrogens with one attached hydrogen (secondary N) is 2. The Hall–Kier alpha value is -2.52. The van der Waals surface area contributed by atoms with Gasteiger partial charge in [-0.25, -0.2) is 0 Å². The van der Waals surface area contributed by atoms with Gasteiger partial charge in [0.25, 0.3) is 0 Å². The zero-order chi connectivity index (χ0) is 22.0. The Morgan fingerprint density at radius 1 is 1.07 bits per heavy atom. The first kappa shape index (κ1) is 24.5. The largest absolute Gasteiger partial charge is 0.493 e. The molecule has 9 heteroatoms. The average Bonchev–Trinajstić information content (AvgIpc) is 2.73. The molecule has 1 aromatic rings. The minimum Gasteiger partial charge on any atom is -0.493 e. The molecule has 0 heterocycles. The van der Waals surface area contributed by atoms with E-state index in [4.69, 9.17) is 14.2 Å². The molecule has 2 amide bonds. The van der Waals surface area contributed by atoms with E-state index in [2.05, 4.69) is 10.6 Å². The summed E-state index contributed by atoms with van der Waals surface area (Å²) in [5.41, 5.74) is -0.141. The zero-order valence-corrected chi connectivity index (χ0v) is 17.7. The number of aliphatic hydroxyl groups excluding tert-OH is 2. The molecule has 0 aliphatic carbocycles. The van der Waals surface area contributed by atoms with Gasteiger partial charge in [0, 0.05) is 24.9 Å². The number of hydrogen-bond acceptors (Lipinski definition) is 7. The number of hydrogen-bond donors (Lipinski definition) is 4. The zero-order valence-electron chi connectivity index (χ0n) is 17.7. The van der Waals surface area contributed by atoms with E-state index in [0.29, 0.717) is 23.7 Å². The van der Waals surface area contributed by atoms with Crippen LogP contribution < -0.4 is 24.8 Å². The minimum atomic E-state index is -1.32. The summed E-state index contributed by atoms with van der Waals surface area (Å²) in [6, 6.07) is 3.51. The summed E-state index contributed by atoms with van der Waals surface area (Å²) in [5, 5.41) is 24.5. The van der Waals surface area contributed by atoms with Gasteiger partial charge in [-0.3, -0.25) is 9.59 Å². The van der Waals surface area contributed by atoms with Crippen LogP contribution in [-0.4, -0.2) is 62.6 Å². The van der Waals surface area contributed by atoms with Crippen molar-refractivity contribution in [2.75, 3.05) is 34.5 Å². The van der Waals surface area contributed by atoms with Gasteiger partial charge in [-0.2, -0.15) is 0 Å². The van der Waals surface area contributed by atoms with Gasteiger partial charge in [0.1, 0.15) is 6.10 Å². The van der Waals surface area contributed by atoms with E-state index in [0.717, 1.165) is 5.56 Å². The number of carbonyl (C=O) groups is 2. The molecule has 1 rings (SSSR count). The molecule has 0 spiro atoms. The third-order valence-corrected chi connectivity index (χ3v) is 4.49. The minimum absolute atomic E-state index is 0.177. The van der Waals surface area contributed by atoms with Crippen molar-refractivity contribution in [3.63, 3.8) is 0 Å². The van der Waals surface area contributed by atoms with Crippen LogP contribution in [0.1, 0.15) is 32.3 Å². The topological polar surface area (TPSA) is 126 Å². The van der Waals surface area contributed by atoms with Crippen molar-refractivity contribution >= 4 is 11.8 Å². The molecule has 0 radical (unpaired) electrons. The molecule has 0 aliphatic heterocycles. The Labute approximate surface area is 171 Å². The molecule has 0 aliphatic rings. The number of benzene rings is 1. The molecule has 1 atom stereocenters. The molecule has 4 N–H and O–H groups in total. The SMILES string of the molecule is COc1cc(CNC(=O)CCCNC(=O)[C@H](O)C(C)(C)CO)cc(OC)c1OC. The van der Waals surface area contributed by atoms with E-state index in [1.165, 1.54) is 21.3 Å². The quantitative estimate of drug-likeness (QED) is 0.370. The van der Waals surface area contributed by atoms with Crippen molar-refractivity contribution in [3.05, 3.63) is 17.7 Å². The molecular weight excluding hydrogens is 380 g/mol. The van der Waals surface area contributed by atoms with Crippen molar-refractivity contribution in [1.29, 1.82) is 0 Å². The van der Waals surface area contributed by atoms with Crippen LogP contribution in [0.15, 0.2) is 12.1 Å². The monoisotopic (exact) mass is 412 g/mol. The molecular formula is C20H32N2O7. The van der Waals surface area contributed by atoms with E-state index < -0.39 is 17.4 Å². The summed E-state index contributed by atoms with van der Waals surface area (Å²) < 4.78 is 15.8. The van der Waals surface area contributed by atoms with Crippen LogP contribution in [0, 0.1) is 5.41 Å². The highest BCUT2D eigenvalue weighted by atomic mass is 16.5. The molecule has 0 bridgehead atoms. The highest BCUT2D eigenvalue weighted by Crippen LogP contribution is 2.38. The third kappa shape index (κ3) is 7.10. The van der Waals surface area contributed by atoms with Gasteiger partial charge in [-0.1, -0.05) is 13.8 Å². The van der Waals surface area contributed by atoms with Gasteiger partial charge in [-0.15, -0.1) is 0 Å². The van der Waals surface area contributed by atoms with Crippen LogP contribution in [-0.2, 0) is 16.1 Å². The van der Waals surface area contributed by atoms with Crippen LogP contribution in [0.3, 0.4) is 0 Å². The van der Waals surface area contributed by atoms with E-state index in [1.54, 1.807) is 26.0 Å². The standard InChI is InChI=1S/C20H32N2O7/c1-20(2,12-23)18(25)19(26)21-8-6-7-16(24)22-11-13-9-14(27-3)17(29-5)15(10-13)28-4/h9-10,18,23,25H,6-8,11-12H2,1-5H3,(H,21,26)(H,22,24)/t18-/m0/s1. The maximum atomic E-state index is 12.0. The second-order valence-corrected chi connectivity index (χ2v) is 7.25. The van der Waals surface area contributed by atoms with Gasteiger partial charge in [0.2, 0.25) is 17.6 Å². The fourth-order valence-corrected chi connectivity index (χ4v) is 2.53. The van der Waals surface area contributed by atoms with Crippen LogP contribution >= 0.6 is 0 Å². The molecule has 0 aromatic heterocycles. The first-order valence-electron chi connectivity index (χ1n) is 9.32. The highest BCUT2D eigenvalue weighted by molar-refractivity contribution is 5.81. The van der Waals surface area contributed by atoms with Crippen molar-refractivity contribution < 1.29 is 34.0 Å². The first-order valence-corrected chi connectivity index (χ1v) is 9.32. The second-order valence-electron chi connectivity index (χ2n) is 7.25. The maximum Gasteiger partial charge on any atom is 0.249 e. The molecule has 29 heavy (non-hydrogen) atoms. The summed E-state index contributed by atoms with van der Waals surface area (Å²) in [5.74, 6) is 0.741. The molecule has 0 saturated carbocycles. The van der Waals surface area contributed by atoms with Crippen molar-refractivity contribution in [1.82, 2.24) is 10.6 Å². The van der Waals surface area contributed by atoms with Gasteiger partial charge in [0.15, 0.2) is 11.5 Å². The fraction of sp³-hybridized carbons (Fsp3) is 0.600. The van der Waals surface area contributed by atoms with Gasteiger partial charge in [-0.05, 0) is 24.1 Å². The lowest BCUT2D eigenvalue weighted by Gasteiger charge is -2.27.